The summed E-state index contributed by atoms with van der Waals surface area (Å²) in [7, 11) is 0. The van der Waals surface area contributed by atoms with Crippen molar-refractivity contribution in [3.8, 4) is 0 Å². The van der Waals surface area contributed by atoms with Gasteiger partial charge in [0.2, 0.25) is 5.91 Å². The standard InChI is InChI=1S/C13H19ClN2O/c1-9-10(14)6-5-7-11(9)15-8-12(17)16-13(2,3)4/h5-7,15H,8H2,1-4H3,(H,16,17). The summed E-state index contributed by atoms with van der Waals surface area (Å²) in [6, 6.07) is 5.60. The maximum atomic E-state index is 11.6. The number of rotatable bonds is 3. The monoisotopic (exact) mass is 254 g/mol. The van der Waals surface area contributed by atoms with E-state index in [0.29, 0.717) is 5.02 Å². The Labute approximate surface area is 108 Å². The zero-order chi connectivity index (χ0) is 13.1. The Kier molecular flexibility index (Phi) is 4.40. The topological polar surface area (TPSA) is 41.1 Å². The fraction of sp³-hybridized carbons (Fsp3) is 0.462. The molecule has 2 N–H and O–H groups in total. The third kappa shape index (κ3) is 4.65. The Balaban J connectivity index is 2.56. The molecular formula is C13H19ClN2O. The number of nitrogens with one attached hydrogen (secondary N) is 2. The van der Waals surface area contributed by atoms with E-state index in [1.54, 1.807) is 0 Å². The maximum Gasteiger partial charge on any atom is 0.239 e. The first-order valence-corrected chi connectivity index (χ1v) is 5.97. The number of halogens is 1. The second kappa shape index (κ2) is 5.41. The van der Waals surface area contributed by atoms with E-state index in [0.717, 1.165) is 11.3 Å². The van der Waals surface area contributed by atoms with Crippen molar-refractivity contribution < 1.29 is 4.79 Å². The molecule has 4 heteroatoms. The highest BCUT2D eigenvalue weighted by Gasteiger charge is 2.13. The number of carbonyl (C=O) groups is 1. The Morgan fingerprint density at radius 1 is 1.35 bits per heavy atom. The van der Waals surface area contributed by atoms with E-state index in [1.165, 1.54) is 0 Å². The van der Waals surface area contributed by atoms with Crippen LogP contribution in [-0.2, 0) is 4.79 Å². The number of hydrogen-bond acceptors (Lipinski definition) is 2. The molecule has 1 aromatic carbocycles. The minimum Gasteiger partial charge on any atom is -0.376 e. The highest BCUT2D eigenvalue weighted by atomic mass is 35.5. The maximum absolute atomic E-state index is 11.6. The van der Waals surface area contributed by atoms with Crippen LogP contribution >= 0.6 is 11.6 Å². The zero-order valence-corrected chi connectivity index (χ0v) is 11.5. The van der Waals surface area contributed by atoms with Gasteiger partial charge < -0.3 is 10.6 Å². The lowest BCUT2D eigenvalue weighted by molar-refractivity contribution is -0.120. The molecule has 0 aromatic heterocycles. The number of benzene rings is 1. The van der Waals surface area contributed by atoms with Gasteiger partial charge in [0.05, 0.1) is 6.54 Å². The van der Waals surface area contributed by atoms with E-state index in [9.17, 15) is 4.79 Å². The first-order valence-electron chi connectivity index (χ1n) is 5.59. The molecule has 0 atom stereocenters. The summed E-state index contributed by atoms with van der Waals surface area (Å²) in [5.41, 5.74) is 1.64. The molecule has 94 valence electrons. The van der Waals surface area contributed by atoms with Gasteiger partial charge in [-0.05, 0) is 45.4 Å². The lowest BCUT2D eigenvalue weighted by atomic mass is 10.1. The van der Waals surface area contributed by atoms with Gasteiger partial charge in [-0.2, -0.15) is 0 Å². The minimum atomic E-state index is -0.206. The van der Waals surface area contributed by atoms with Gasteiger partial charge in [-0.3, -0.25) is 4.79 Å². The number of hydrogen-bond donors (Lipinski definition) is 2. The molecule has 0 aliphatic heterocycles. The Hall–Kier alpha value is -1.22. The van der Waals surface area contributed by atoms with E-state index in [1.807, 2.05) is 45.9 Å². The van der Waals surface area contributed by atoms with Crippen LogP contribution in [0.2, 0.25) is 5.02 Å². The van der Waals surface area contributed by atoms with Crippen LogP contribution in [0.25, 0.3) is 0 Å². The largest absolute Gasteiger partial charge is 0.376 e. The van der Waals surface area contributed by atoms with E-state index >= 15 is 0 Å². The molecule has 0 unspecified atom stereocenters. The summed E-state index contributed by atoms with van der Waals surface area (Å²) in [5, 5.41) is 6.67. The zero-order valence-electron chi connectivity index (χ0n) is 10.7. The summed E-state index contributed by atoms with van der Waals surface area (Å²) in [6.45, 7) is 8.03. The molecule has 1 amide bonds. The lowest BCUT2D eigenvalue weighted by Gasteiger charge is -2.21. The summed E-state index contributed by atoms with van der Waals surface area (Å²) in [5.74, 6) is -0.0307. The average molecular weight is 255 g/mol. The molecule has 0 fully saturated rings. The second-order valence-electron chi connectivity index (χ2n) is 5.06. The fourth-order valence-electron chi connectivity index (χ4n) is 1.44. The Bertz CT molecular complexity index is 410. The molecule has 1 rings (SSSR count). The van der Waals surface area contributed by atoms with Crippen LogP contribution in [0.4, 0.5) is 5.69 Å². The van der Waals surface area contributed by atoms with Crippen LogP contribution < -0.4 is 10.6 Å². The van der Waals surface area contributed by atoms with Gasteiger partial charge in [0.15, 0.2) is 0 Å². The third-order valence-electron chi connectivity index (χ3n) is 2.22. The van der Waals surface area contributed by atoms with E-state index in [2.05, 4.69) is 10.6 Å². The van der Waals surface area contributed by atoms with Crippen molar-refractivity contribution in [1.82, 2.24) is 5.32 Å². The number of anilines is 1. The van der Waals surface area contributed by atoms with Crippen molar-refractivity contribution in [3.05, 3.63) is 28.8 Å². The first kappa shape index (κ1) is 13.8. The summed E-state index contributed by atoms with van der Waals surface area (Å²) >= 11 is 6.00. The van der Waals surface area contributed by atoms with Crippen LogP contribution in [-0.4, -0.2) is 18.0 Å². The quantitative estimate of drug-likeness (QED) is 0.871. The summed E-state index contributed by atoms with van der Waals surface area (Å²) < 4.78 is 0. The predicted molar refractivity (Wildman–Crippen MR) is 72.6 cm³/mol. The van der Waals surface area contributed by atoms with Crippen molar-refractivity contribution in [2.75, 3.05) is 11.9 Å². The van der Waals surface area contributed by atoms with Gasteiger partial charge in [0.1, 0.15) is 0 Å². The summed E-state index contributed by atoms with van der Waals surface area (Å²) in [6.07, 6.45) is 0. The van der Waals surface area contributed by atoms with Crippen LogP contribution in [0.1, 0.15) is 26.3 Å². The van der Waals surface area contributed by atoms with Crippen molar-refractivity contribution in [1.29, 1.82) is 0 Å². The van der Waals surface area contributed by atoms with Crippen LogP contribution in [0.15, 0.2) is 18.2 Å². The van der Waals surface area contributed by atoms with Gasteiger partial charge in [-0.25, -0.2) is 0 Å². The van der Waals surface area contributed by atoms with Gasteiger partial charge >= 0.3 is 0 Å². The second-order valence-corrected chi connectivity index (χ2v) is 5.47. The molecule has 0 heterocycles. The normalized spacial score (nSPS) is 11.1. The summed E-state index contributed by atoms with van der Waals surface area (Å²) in [4.78, 5) is 11.6. The molecule has 3 nitrogen and oxygen atoms in total. The molecular weight excluding hydrogens is 236 g/mol. The molecule has 0 saturated carbocycles. The molecule has 17 heavy (non-hydrogen) atoms. The van der Waals surface area contributed by atoms with Gasteiger partial charge in [0, 0.05) is 16.2 Å². The Morgan fingerprint density at radius 3 is 2.59 bits per heavy atom. The van der Waals surface area contributed by atoms with E-state index in [-0.39, 0.29) is 18.0 Å². The molecule has 1 aromatic rings. The number of amides is 1. The van der Waals surface area contributed by atoms with Crippen LogP contribution in [0.3, 0.4) is 0 Å². The highest BCUT2D eigenvalue weighted by Crippen LogP contribution is 2.22. The van der Waals surface area contributed by atoms with Crippen LogP contribution in [0.5, 0.6) is 0 Å². The number of carbonyl (C=O) groups excluding carboxylic acids is 1. The smallest absolute Gasteiger partial charge is 0.239 e. The molecule has 0 radical (unpaired) electrons. The molecule has 0 saturated heterocycles. The van der Waals surface area contributed by atoms with Gasteiger partial charge in [-0.15, -0.1) is 0 Å². The van der Waals surface area contributed by atoms with Crippen molar-refractivity contribution >= 4 is 23.2 Å². The minimum absolute atomic E-state index is 0.0307. The molecule has 0 bridgehead atoms. The highest BCUT2D eigenvalue weighted by molar-refractivity contribution is 6.31. The Morgan fingerprint density at radius 2 is 2.00 bits per heavy atom. The fourth-order valence-corrected chi connectivity index (χ4v) is 1.61. The predicted octanol–water partition coefficient (Wildman–Crippen LogP) is 2.98. The van der Waals surface area contributed by atoms with Gasteiger partial charge in [0.25, 0.3) is 0 Å². The van der Waals surface area contributed by atoms with Crippen molar-refractivity contribution in [2.45, 2.75) is 33.2 Å². The third-order valence-corrected chi connectivity index (χ3v) is 2.63. The average Bonchev–Trinajstić information content (AvgIpc) is 2.18. The van der Waals surface area contributed by atoms with E-state index < -0.39 is 0 Å². The van der Waals surface area contributed by atoms with Crippen LogP contribution in [0, 0.1) is 6.92 Å². The van der Waals surface area contributed by atoms with Crippen molar-refractivity contribution in [3.63, 3.8) is 0 Å². The molecule has 0 spiro atoms. The lowest BCUT2D eigenvalue weighted by Crippen LogP contribution is -2.43. The molecule has 0 aliphatic carbocycles. The molecule has 0 aliphatic rings. The SMILES string of the molecule is Cc1c(Cl)cccc1NCC(=O)NC(C)(C)C. The van der Waals surface area contributed by atoms with Gasteiger partial charge in [-0.1, -0.05) is 17.7 Å². The van der Waals surface area contributed by atoms with Crippen molar-refractivity contribution in [2.24, 2.45) is 0 Å². The van der Waals surface area contributed by atoms with E-state index in [4.69, 9.17) is 11.6 Å². The first-order chi connectivity index (χ1) is 7.79.